The molecule has 1 fully saturated rings. The topological polar surface area (TPSA) is 3.24 Å². The fraction of sp³-hybridized carbons (Fsp3) is 0.308. The smallest absolute Gasteiger partial charge is 0.297 e. The molecule has 0 saturated carbocycles. The minimum absolute atomic E-state index is 0.512. The summed E-state index contributed by atoms with van der Waals surface area (Å²) in [5.74, 6) is 0. The van der Waals surface area contributed by atoms with Crippen molar-refractivity contribution in [2.24, 2.45) is 0 Å². The summed E-state index contributed by atoms with van der Waals surface area (Å²) in [7, 11) is 0. The summed E-state index contributed by atoms with van der Waals surface area (Å²) in [6.45, 7) is 1.84. The Morgan fingerprint density at radius 3 is 2.03 bits per heavy atom. The molecule has 192 valence electrons. The van der Waals surface area contributed by atoms with Crippen LogP contribution in [0, 0.1) is 0 Å². The van der Waals surface area contributed by atoms with E-state index in [2.05, 4.69) is 20.8 Å². The van der Waals surface area contributed by atoms with Crippen molar-refractivity contribution < 1.29 is 30.7 Å². The number of rotatable bonds is 6. The Balaban J connectivity index is 1.70. The Morgan fingerprint density at radius 2 is 1.44 bits per heavy atom. The van der Waals surface area contributed by atoms with Gasteiger partial charge < -0.3 is 0 Å². The minimum Gasteiger partial charge on any atom is -0.297 e. The van der Waals surface area contributed by atoms with Crippen LogP contribution in [0.4, 0.5) is 30.7 Å². The largest absolute Gasteiger partial charge is 0.435 e. The van der Waals surface area contributed by atoms with Crippen molar-refractivity contribution in [1.82, 2.24) is 4.90 Å². The molecule has 0 aromatic heterocycles. The highest BCUT2D eigenvalue weighted by Gasteiger charge is 2.73. The van der Waals surface area contributed by atoms with Crippen LogP contribution >= 0.6 is 27.7 Å². The van der Waals surface area contributed by atoms with Gasteiger partial charge in [-0.15, -0.1) is 11.8 Å². The van der Waals surface area contributed by atoms with Gasteiger partial charge in [-0.05, 0) is 35.7 Å². The molecule has 0 N–H and O–H groups in total. The van der Waals surface area contributed by atoms with Crippen molar-refractivity contribution in [3.8, 4) is 0 Å². The zero-order valence-electron chi connectivity index (χ0n) is 18.7. The van der Waals surface area contributed by atoms with Gasteiger partial charge in [0.05, 0.1) is 4.75 Å². The predicted octanol–water partition coefficient (Wildman–Crippen LogP) is 8.63. The van der Waals surface area contributed by atoms with E-state index in [1.54, 1.807) is 0 Å². The first-order valence-electron chi connectivity index (χ1n) is 11.0. The van der Waals surface area contributed by atoms with Crippen molar-refractivity contribution in [3.63, 3.8) is 0 Å². The molecule has 1 atom stereocenters. The molecule has 3 aromatic carbocycles. The van der Waals surface area contributed by atoms with Crippen molar-refractivity contribution >= 4 is 27.7 Å². The Hall–Kier alpha value is -2.04. The van der Waals surface area contributed by atoms with Gasteiger partial charge in [-0.2, -0.15) is 26.3 Å². The lowest BCUT2D eigenvalue weighted by Crippen LogP contribution is -2.50. The Morgan fingerprint density at radius 1 is 0.806 bits per heavy atom. The maximum atomic E-state index is 14.6. The van der Waals surface area contributed by atoms with Crippen LogP contribution in [0.1, 0.15) is 23.1 Å². The van der Waals surface area contributed by atoms with E-state index in [1.165, 1.54) is 23.9 Å². The Kier molecular flexibility index (Phi) is 7.52. The number of halogens is 8. The van der Waals surface area contributed by atoms with E-state index in [1.807, 2.05) is 54.6 Å². The summed E-state index contributed by atoms with van der Waals surface area (Å²) in [4.78, 5) is 3.08. The van der Waals surface area contributed by atoms with Crippen LogP contribution in [0.15, 0.2) is 88.2 Å². The third-order valence-corrected chi connectivity index (χ3v) is 8.20. The average Bonchev–Trinajstić information content (AvgIpc) is 3.21. The van der Waals surface area contributed by atoms with E-state index in [9.17, 15) is 30.7 Å². The van der Waals surface area contributed by atoms with Crippen LogP contribution in [-0.2, 0) is 17.0 Å². The molecular formula is C26H21BrF7NS. The third kappa shape index (κ3) is 5.31. The monoisotopic (exact) mass is 591 g/mol. The number of alkyl halides is 7. The van der Waals surface area contributed by atoms with Gasteiger partial charge in [-0.1, -0.05) is 76.6 Å². The van der Waals surface area contributed by atoms with E-state index < -0.39 is 28.3 Å². The fourth-order valence-corrected chi connectivity index (χ4v) is 6.49. The predicted molar refractivity (Wildman–Crippen MR) is 129 cm³/mol. The zero-order chi connectivity index (χ0) is 26.2. The molecule has 36 heavy (non-hydrogen) atoms. The van der Waals surface area contributed by atoms with Crippen molar-refractivity contribution in [2.75, 3.05) is 13.1 Å². The lowest BCUT2D eigenvalue weighted by molar-refractivity contribution is -0.348. The summed E-state index contributed by atoms with van der Waals surface area (Å²) < 4.78 is 94.2. The van der Waals surface area contributed by atoms with Gasteiger partial charge >= 0.3 is 18.0 Å². The van der Waals surface area contributed by atoms with E-state index in [-0.39, 0.29) is 0 Å². The molecule has 1 aliphatic heterocycles. The van der Waals surface area contributed by atoms with Gasteiger partial charge in [0.25, 0.3) is 0 Å². The number of benzene rings is 3. The molecule has 4 rings (SSSR count). The molecule has 1 unspecified atom stereocenters. The van der Waals surface area contributed by atoms with Gasteiger partial charge in [-0.3, -0.25) is 4.90 Å². The van der Waals surface area contributed by atoms with E-state index in [0.29, 0.717) is 43.8 Å². The summed E-state index contributed by atoms with van der Waals surface area (Å²) in [5.41, 5.74) is -5.29. The molecule has 3 aromatic rings. The first kappa shape index (κ1) is 27.0. The molecule has 1 heterocycles. The highest BCUT2D eigenvalue weighted by atomic mass is 79.9. The van der Waals surface area contributed by atoms with Crippen LogP contribution in [-0.4, -0.2) is 30.3 Å². The van der Waals surface area contributed by atoms with Gasteiger partial charge in [0, 0.05) is 34.6 Å². The number of likely N-dealkylation sites (tertiary alicyclic amines) is 1. The average molecular weight is 592 g/mol. The first-order chi connectivity index (χ1) is 16.8. The van der Waals surface area contributed by atoms with E-state index in [4.69, 9.17) is 0 Å². The van der Waals surface area contributed by atoms with Crippen LogP contribution in [0.25, 0.3) is 0 Å². The van der Waals surface area contributed by atoms with Crippen LogP contribution in [0.3, 0.4) is 0 Å². The second-order valence-electron chi connectivity index (χ2n) is 8.73. The fourth-order valence-electron chi connectivity index (χ4n) is 4.46. The molecule has 0 spiro atoms. The van der Waals surface area contributed by atoms with Gasteiger partial charge in [-0.25, -0.2) is 4.39 Å². The highest BCUT2D eigenvalue weighted by molar-refractivity contribution is 9.10. The Labute approximate surface area is 216 Å². The zero-order valence-corrected chi connectivity index (χ0v) is 21.1. The standard InChI is InChI=1S/C26H21BrF7NS/c27-21-7-4-8-22(15-21)36-23(13-14-35(17-23)16-18-5-2-1-3-6-18)19-9-11-20(12-10-19)24(28,25(29,30)31)26(32,33)34/h1-12,15H,13-14,16-17H2. The molecule has 0 radical (unpaired) electrons. The third-order valence-electron chi connectivity index (χ3n) is 6.26. The maximum absolute atomic E-state index is 14.6. The van der Waals surface area contributed by atoms with Crippen molar-refractivity contribution in [3.05, 3.63) is 100 Å². The van der Waals surface area contributed by atoms with Crippen molar-refractivity contribution in [1.29, 1.82) is 0 Å². The molecule has 1 aliphatic rings. The molecule has 1 saturated heterocycles. The summed E-state index contributed by atoms with van der Waals surface area (Å²) in [6, 6.07) is 20.9. The molecule has 0 amide bonds. The minimum atomic E-state index is -6.14. The van der Waals surface area contributed by atoms with Crippen LogP contribution < -0.4 is 0 Å². The second-order valence-corrected chi connectivity index (χ2v) is 11.1. The molecule has 0 bridgehead atoms. The molecule has 10 heteroatoms. The highest BCUT2D eigenvalue weighted by Crippen LogP contribution is 2.54. The number of hydrogen-bond acceptors (Lipinski definition) is 2. The van der Waals surface area contributed by atoms with Crippen molar-refractivity contribution in [2.45, 2.75) is 40.6 Å². The van der Waals surface area contributed by atoms with Crippen LogP contribution in [0.2, 0.25) is 0 Å². The van der Waals surface area contributed by atoms with Crippen LogP contribution in [0.5, 0.6) is 0 Å². The SMILES string of the molecule is FC(F)(F)C(F)(c1ccc(C2(Sc3cccc(Br)c3)CCN(Cc3ccccc3)C2)cc1)C(F)(F)F. The van der Waals surface area contributed by atoms with Gasteiger partial charge in [0.1, 0.15) is 0 Å². The lowest BCUT2D eigenvalue weighted by atomic mass is 9.90. The molecule has 0 aliphatic carbocycles. The quantitative estimate of drug-likeness (QED) is 0.264. The molecule has 1 nitrogen and oxygen atoms in total. The van der Waals surface area contributed by atoms with Gasteiger partial charge in [0.15, 0.2) is 0 Å². The number of nitrogens with zero attached hydrogens (tertiary/aromatic N) is 1. The number of hydrogen-bond donors (Lipinski definition) is 0. The van der Waals surface area contributed by atoms with Gasteiger partial charge in [0.2, 0.25) is 0 Å². The summed E-state index contributed by atoms with van der Waals surface area (Å²) in [6.07, 6.45) is -11.7. The number of thioether (sulfide) groups is 1. The normalized spacial score (nSPS) is 19.6. The second kappa shape index (κ2) is 10.0. The summed E-state index contributed by atoms with van der Waals surface area (Å²) >= 11 is 4.93. The maximum Gasteiger partial charge on any atom is 0.435 e. The van der Waals surface area contributed by atoms with E-state index >= 15 is 0 Å². The lowest BCUT2D eigenvalue weighted by Gasteiger charge is -2.32. The molecular weight excluding hydrogens is 571 g/mol. The summed E-state index contributed by atoms with van der Waals surface area (Å²) in [5, 5.41) is 0. The first-order valence-corrected chi connectivity index (χ1v) is 12.6. The Bertz CT molecular complexity index is 1170. The van der Waals surface area contributed by atoms with E-state index in [0.717, 1.165) is 14.9 Å².